The van der Waals surface area contributed by atoms with Crippen LogP contribution in [0.25, 0.3) is 17.0 Å². The van der Waals surface area contributed by atoms with Crippen LogP contribution in [0, 0.1) is 0 Å². The maximum atomic E-state index is 4.61. The molecule has 0 aliphatic heterocycles. The minimum absolute atomic E-state index is 1.06. The predicted octanol–water partition coefficient (Wildman–Crippen LogP) is 4.83. The molecule has 0 aliphatic carbocycles. The van der Waals surface area contributed by atoms with Crippen LogP contribution < -0.4 is 0 Å². The van der Waals surface area contributed by atoms with Crippen LogP contribution in [0.15, 0.2) is 42.5 Å². The number of hydrogen-bond donors (Lipinski definition) is 0. The second-order valence-corrected chi connectivity index (χ2v) is 4.33. The lowest BCUT2D eigenvalue weighted by Crippen LogP contribution is -1.82. The molecule has 1 aromatic heterocycles. The van der Waals surface area contributed by atoms with Crippen molar-refractivity contribution in [3.63, 3.8) is 0 Å². The smallest absolute Gasteiger partial charge is 0.0709 e. The summed E-state index contributed by atoms with van der Waals surface area (Å²) < 4.78 is 0. The molecule has 0 atom stereocenters. The second kappa shape index (κ2) is 6.19. The summed E-state index contributed by atoms with van der Waals surface area (Å²) in [6.07, 6.45) is 9.38. The summed E-state index contributed by atoms with van der Waals surface area (Å²) in [7, 11) is 0. The zero-order valence-electron chi connectivity index (χ0n) is 10.4. The van der Waals surface area contributed by atoms with Crippen LogP contribution in [0.4, 0.5) is 0 Å². The number of aromatic nitrogens is 1. The molecule has 1 aromatic carbocycles. The van der Waals surface area contributed by atoms with Crippen LogP contribution in [-0.4, -0.2) is 4.98 Å². The van der Waals surface area contributed by atoms with Crippen molar-refractivity contribution in [2.75, 3.05) is 0 Å². The first-order valence-electron chi connectivity index (χ1n) is 6.42. The van der Waals surface area contributed by atoms with E-state index in [1.807, 2.05) is 12.1 Å². The lowest BCUT2D eigenvalue weighted by atomic mass is 10.1. The normalized spacial score (nSPS) is 11.4. The standard InChI is InChI=1S/C16H19N/c1-2-3-4-5-6-10-15-13-12-14-9-7-8-11-16(14)17-15/h6-13H,2-5H2,1H3. The third-order valence-corrected chi connectivity index (χ3v) is 2.88. The monoisotopic (exact) mass is 225 g/mol. The van der Waals surface area contributed by atoms with E-state index < -0.39 is 0 Å². The Kier molecular flexibility index (Phi) is 4.31. The number of unbranched alkanes of at least 4 members (excludes halogenated alkanes) is 3. The third kappa shape index (κ3) is 3.42. The quantitative estimate of drug-likeness (QED) is 0.664. The molecule has 88 valence electrons. The summed E-state index contributed by atoms with van der Waals surface area (Å²) in [6.45, 7) is 2.23. The van der Waals surface area contributed by atoms with Crippen LogP contribution in [-0.2, 0) is 0 Å². The van der Waals surface area contributed by atoms with Gasteiger partial charge in [0.15, 0.2) is 0 Å². The molecule has 1 heterocycles. The van der Waals surface area contributed by atoms with Gasteiger partial charge in [0.1, 0.15) is 0 Å². The summed E-state index contributed by atoms with van der Waals surface area (Å²) >= 11 is 0. The van der Waals surface area contributed by atoms with Gasteiger partial charge in [-0.05, 0) is 31.1 Å². The van der Waals surface area contributed by atoms with Crippen LogP contribution >= 0.6 is 0 Å². The Morgan fingerprint density at radius 1 is 1.06 bits per heavy atom. The largest absolute Gasteiger partial charge is 0.248 e. The Morgan fingerprint density at radius 2 is 1.94 bits per heavy atom. The predicted molar refractivity (Wildman–Crippen MR) is 74.9 cm³/mol. The first-order chi connectivity index (χ1) is 8.40. The zero-order chi connectivity index (χ0) is 11.9. The Balaban J connectivity index is 2.04. The summed E-state index contributed by atoms with van der Waals surface area (Å²) in [5, 5.41) is 1.20. The fourth-order valence-electron chi connectivity index (χ4n) is 1.89. The molecule has 0 bridgehead atoms. The number of hydrogen-bond acceptors (Lipinski definition) is 1. The molecular weight excluding hydrogens is 206 g/mol. The topological polar surface area (TPSA) is 12.9 Å². The number of fused-ring (bicyclic) bond motifs is 1. The fourth-order valence-corrected chi connectivity index (χ4v) is 1.89. The van der Waals surface area contributed by atoms with Gasteiger partial charge in [0, 0.05) is 5.39 Å². The number of para-hydroxylation sites is 1. The van der Waals surface area contributed by atoms with Crippen molar-refractivity contribution >= 4 is 17.0 Å². The van der Waals surface area contributed by atoms with Gasteiger partial charge < -0.3 is 0 Å². The zero-order valence-corrected chi connectivity index (χ0v) is 10.4. The highest BCUT2D eigenvalue weighted by Crippen LogP contribution is 2.13. The van der Waals surface area contributed by atoms with E-state index in [0.717, 1.165) is 17.6 Å². The van der Waals surface area contributed by atoms with Gasteiger partial charge >= 0.3 is 0 Å². The third-order valence-electron chi connectivity index (χ3n) is 2.88. The Hall–Kier alpha value is -1.63. The molecule has 0 saturated carbocycles. The van der Waals surface area contributed by atoms with E-state index in [1.54, 1.807) is 0 Å². The number of nitrogens with zero attached hydrogens (tertiary/aromatic N) is 1. The minimum Gasteiger partial charge on any atom is -0.248 e. The molecular formula is C16H19N. The van der Waals surface area contributed by atoms with Gasteiger partial charge in [0.25, 0.3) is 0 Å². The number of allylic oxidation sites excluding steroid dienone is 1. The first-order valence-corrected chi connectivity index (χ1v) is 6.42. The van der Waals surface area contributed by atoms with Crippen molar-refractivity contribution in [3.05, 3.63) is 48.2 Å². The van der Waals surface area contributed by atoms with E-state index in [-0.39, 0.29) is 0 Å². The average Bonchev–Trinajstić information content (AvgIpc) is 2.38. The maximum absolute atomic E-state index is 4.61. The van der Waals surface area contributed by atoms with Gasteiger partial charge in [-0.2, -0.15) is 0 Å². The van der Waals surface area contributed by atoms with Crippen LogP contribution in [0.3, 0.4) is 0 Å². The van der Waals surface area contributed by atoms with E-state index >= 15 is 0 Å². The molecule has 1 heteroatoms. The highest BCUT2D eigenvalue weighted by molar-refractivity contribution is 5.79. The van der Waals surface area contributed by atoms with E-state index in [2.05, 4.69) is 48.3 Å². The molecule has 0 amide bonds. The lowest BCUT2D eigenvalue weighted by Gasteiger charge is -1.98. The SMILES string of the molecule is CCCCCC=Cc1ccc2ccccc2n1. The van der Waals surface area contributed by atoms with E-state index in [1.165, 1.54) is 24.6 Å². The van der Waals surface area contributed by atoms with Crippen LogP contribution in [0.2, 0.25) is 0 Å². The minimum atomic E-state index is 1.06. The van der Waals surface area contributed by atoms with Crippen LogP contribution in [0.5, 0.6) is 0 Å². The molecule has 1 nitrogen and oxygen atoms in total. The molecule has 0 saturated heterocycles. The van der Waals surface area contributed by atoms with E-state index in [9.17, 15) is 0 Å². The van der Waals surface area contributed by atoms with Gasteiger partial charge in [-0.25, -0.2) is 4.98 Å². The molecule has 17 heavy (non-hydrogen) atoms. The number of pyridine rings is 1. The molecule has 0 spiro atoms. The lowest BCUT2D eigenvalue weighted by molar-refractivity contribution is 0.730. The molecule has 0 N–H and O–H groups in total. The highest BCUT2D eigenvalue weighted by atomic mass is 14.7. The summed E-state index contributed by atoms with van der Waals surface area (Å²) in [6, 6.07) is 12.4. The van der Waals surface area contributed by atoms with Crippen molar-refractivity contribution in [1.29, 1.82) is 0 Å². The maximum Gasteiger partial charge on any atom is 0.0709 e. The van der Waals surface area contributed by atoms with Crippen molar-refractivity contribution in [2.45, 2.75) is 32.6 Å². The van der Waals surface area contributed by atoms with Gasteiger partial charge in [0.2, 0.25) is 0 Å². The molecule has 0 fully saturated rings. The number of rotatable bonds is 5. The van der Waals surface area contributed by atoms with E-state index in [4.69, 9.17) is 0 Å². The van der Waals surface area contributed by atoms with Crippen molar-refractivity contribution in [2.24, 2.45) is 0 Å². The number of benzene rings is 1. The Labute approximate surface area is 103 Å². The van der Waals surface area contributed by atoms with Crippen molar-refractivity contribution < 1.29 is 0 Å². The molecule has 2 aromatic rings. The van der Waals surface area contributed by atoms with Gasteiger partial charge in [-0.1, -0.05) is 50.1 Å². The van der Waals surface area contributed by atoms with Gasteiger partial charge in [-0.3, -0.25) is 0 Å². The molecule has 2 rings (SSSR count). The summed E-state index contributed by atoms with van der Waals surface area (Å²) in [4.78, 5) is 4.61. The summed E-state index contributed by atoms with van der Waals surface area (Å²) in [5.41, 5.74) is 2.13. The molecule has 0 unspecified atom stereocenters. The summed E-state index contributed by atoms with van der Waals surface area (Å²) in [5.74, 6) is 0. The molecule has 0 aliphatic rings. The highest BCUT2D eigenvalue weighted by Gasteiger charge is 1.93. The Morgan fingerprint density at radius 3 is 2.82 bits per heavy atom. The molecule has 0 radical (unpaired) electrons. The average molecular weight is 225 g/mol. The van der Waals surface area contributed by atoms with Crippen molar-refractivity contribution in [1.82, 2.24) is 4.98 Å². The van der Waals surface area contributed by atoms with Crippen LogP contribution in [0.1, 0.15) is 38.3 Å². The van der Waals surface area contributed by atoms with E-state index in [0.29, 0.717) is 0 Å². The fraction of sp³-hybridized carbons (Fsp3) is 0.312. The van der Waals surface area contributed by atoms with Crippen molar-refractivity contribution in [3.8, 4) is 0 Å². The second-order valence-electron chi connectivity index (χ2n) is 4.33. The van der Waals surface area contributed by atoms with Gasteiger partial charge in [0.05, 0.1) is 11.2 Å². The Bertz CT molecular complexity index is 500. The van der Waals surface area contributed by atoms with Gasteiger partial charge in [-0.15, -0.1) is 0 Å². The first kappa shape index (κ1) is 11.8.